The third-order valence-electron chi connectivity index (χ3n) is 5.17. The maximum absolute atomic E-state index is 6.54. The van der Waals surface area contributed by atoms with Gasteiger partial charge in [0.15, 0.2) is 8.32 Å². The molecule has 3 atom stereocenters. The SMILES string of the molecule is C=C1C[C@@H]2CC(O[Si](C)(C)C(C)(C)C)C[C@@H]2C1. The lowest BCUT2D eigenvalue weighted by Crippen LogP contribution is -2.43. The van der Waals surface area contributed by atoms with Gasteiger partial charge in [-0.15, -0.1) is 0 Å². The van der Waals surface area contributed by atoms with E-state index in [2.05, 4.69) is 40.4 Å². The Kier molecular flexibility index (Phi) is 3.33. The highest BCUT2D eigenvalue weighted by Gasteiger charge is 2.44. The number of allylic oxidation sites excluding steroid dienone is 1. The van der Waals surface area contributed by atoms with Crippen LogP contribution in [-0.2, 0) is 4.43 Å². The van der Waals surface area contributed by atoms with Gasteiger partial charge < -0.3 is 4.43 Å². The molecule has 0 aromatic heterocycles. The second kappa shape index (κ2) is 4.24. The maximum Gasteiger partial charge on any atom is 0.192 e. The van der Waals surface area contributed by atoms with Crippen molar-refractivity contribution in [3.63, 3.8) is 0 Å². The van der Waals surface area contributed by atoms with E-state index in [1.165, 1.54) is 31.3 Å². The van der Waals surface area contributed by atoms with Crippen molar-refractivity contribution in [2.45, 2.75) is 70.7 Å². The summed E-state index contributed by atoms with van der Waals surface area (Å²) >= 11 is 0. The minimum atomic E-state index is -1.56. The van der Waals surface area contributed by atoms with E-state index in [0.29, 0.717) is 11.1 Å². The fraction of sp³-hybridized carbons (Fsp3) is 0.867. The number of hydrogen-bond donors (Lipinski definition) is 0. The molecular weight excluding hydrogens is 224 g/mol. The molecule has 0 saturated heterocycles. The predicted molar refractivity (Wildman–Crippen MR) is 76.7 cm³/mol. The summed E-state index contributed by atoms with van der Waals surface area (Å²) in [5.74, 6) is 1.77. The van der Waals surface area contributed by atoms with E-state index >= 15 is 0 Å². The van der Waals surface area contributed by atoms with Gasteiger partial charge in [-0.1, -0.05) is 32.9 Å². The van der Waals surface area contributed by atoms with Crippen molar-refractivity contribution >= 4 is 8.32 Å². The van der Waals surface area contributed by atoms with Gasteiger partial charge in [0.2, 0.25) is 0 Å². The molecule has 2 saturated carbocycles. The van der Waals surface area contributed by atoms with Crippen molar-refractivity contribution < 1.29 is 4.43 Å². The summed E-state index contributed by atoms with van der Waals surface area (Å²) in [6.45, 7) is 15.9. The normalized spacial score (nSPS) is 34.2. The van der Waals surface area contributed by atoms with E-state index in [1.807, 2.05) is 0 Å². The zero-order chi connectivity index (χ0) is 12.8. The van der Waals surface area contributed by atoms with E-state index in [1.54, 1.807) is 0 Å². The number of fused-ring (bicyclic) bond motifs is 1. The molecule has 2 heteroatoms. The van der Waals surface area contributed by atoms with Gasteiger partial charge in [-0.05, 0) is 55.7 Å². The van der Waals surface area contributed by atoms with E-state index in [-0.39, 0.29) is 0 Å². The highest BCUT2D eigenvalue weighted by molar-refractivity contribution is 6.74. The molecule has 0 aliphatic heterocycles. The van der Waals surface area contributed by atoms with Crippen molar-refractivity contribution in [1.82, 2.24) is 0 Å². The lowest BCUT2D eigenvalue weighted by molar-refractivity contribution is 0.179. The molecule has 17 heavy (non-hydrogen) atoms. The molecule has 0 spiro atoms. The van der Waals surface area contributed by atoms with Crippen LogP contribution in [0, 0.1) is 11.8 Å². The first-order valence-corrected chi connectivity index (χ1v) is 9.94. The van der Waals surface area contributed by atoms with Gasteiger partial charge in [-0.2, -0.15) is 0 Å². The summed E-state index contributed by atoms with van der Waals surface area (Å²) < 4.78 is 6.54. The van der Waals surface area contributed by atoms with E-state index < -0.39 is 8.32 Å². The molecule has 1 nitrogen and oxygen atoms in total. The molecule has 0 amide bonds. The molecule has 98 valence electrons. The van der Waals surface area contributed by atoms with Crippen molar-refractivity contribution in [3.05, 3.63) is 12.2 Å². The molecule has 2 aliphatic rings. The van der Waals surface area contributed by atoms with Gasteiger partial charge in [-0.3, -0.25) is 0 Å². The lowest BCUT2D eigenvalue weighted by atomic mass is 10.0. The minimum Gasteiger partial charge on any atom is -0.414 e. The van der Waals surface area contributed by atoms with Crippen LogP contribution in [0.2, 0.25) is 18.1 Å². The van der Waals surface area contributed by atoms with E-state index in [9.17, 15) is 0 Å². The molecular formula is C15H28OSi. The summed E-state index contributed by atoms with van der Waals surface area (Å²) in [6, 6.07) is 0. The quantitative estimate of drug-likeness (QED) is 0.509. The molecule has 0 aromatic carbocycles. The minimum absolute atomic E-state index is 0.342. The smallest absolute Gasteiger partial charge is 0.192 e. The van der Waals surface area contributed by atoms with Crippen LogP contribution in [0.1, 0.15) is 46.5 Å². The monoisotopic (exact) mass is 252 g/mol. The largest absolute Gasteiger partial charge is 0.414 e. The first kappa shape index (κ1) is 13.4. The van der Waals surface area contributed by atoms with Gasteiger partial charge >= 0.3 is 0 Å². The Morgan fingerprint density at radius 2 is 1.59 bits per heavy atom. The predicted octanol–water partition coefficient (Wildman–Crippen LogP) is 4.75. The Labute approximate surface area is 108 Å². The zero-order valence-corrected chi connectivity index (χ0v) is 13.2. The maximum atomic E-state index is 6.54. The average molecular weight is 252 g/mol. The van der Waals surface area contributed by atoms with Gasteiger partial charge in [-0.25, -0.2) is 0 Å². The third kappa shape index (κ3) is 2.68. The van der Waals surface area contributed by atoms with Crippen LogP contribution in [0.3, 0.4) is 0 Å². The van der Waals surface area contributed by atoms with Gasteiger partial charge in [0, 0.05) is 6.10 Å². The van der Waals surface area contributed by atoms with Gasteiger partial charge in [0.1, 0.15) is 0 Å². The molecule has 0 aromatic rings. The summed E-state index contributed by atoms with van der Waals surface area (Å²) in [4.78, 5) is 0. The van der Waals surface area contributed by atoms with Crippen LogP contribution < -0.4 is 0 Å². The second-order valence-electron chi connectivity index (χ2n) is 7.65. The molecule has 1 unspecified atom stereocenters. The zero-order valence-electron chi connectivity index (χ0n) is 12.2. The van der Waals surface area contributed by atoms with Crippen LogP contribution in [-0.4, -0.2) is 14.4 Å². The third-order valence-corrected chi connectivity index (χ3v) is 9.70. The van der Waals surface area contributed by atoms with Crippen LogP contribution in [0.25, 0.3) is 0 Å². The average Bonchev–Trinajstić information content (AvgIpc) is 2.57. The molecule has 2 fully saturated rings. The fourth-order valence-electron chi connectivity index (χ4n) is 3.17. The highest BCUT2D eigenvalue weighted by Crippen LogP contribution is 2.49. The highest BCUT2D eigenvalue weighted by atomic mass is 28.4. The van der Waals surface area contributed by atoms with Crippen molar-refractivity contribution in [2.24, 2.45) is 11.8 Å². The standard InChI is InChI=1S/C15H28OSi/c1-11-7-12-9-14(10-13(12)8-11)16-17(5,6)15(2,3)4/h12-14H,1,7-10H2,2-6H3/t12-,13+,14?. The van der Waals surface area contributed by atoms with Crippen molar-refractivity contribution in [3.8, 4) is 0 Å². The van der Waals surface area contributed by atoms with Crippen molar-refractivity contribution in [2.75, 3.05) is 0 Å². The van der Waals surface area contributed by atoms with Gasteiger partial charge in [0.25, 0.3) is 0 Å². The van der Waals surface area contributed by atoms with Crippen LogP contribution >= 0.6 is 0 Å². The number of rotatable bonds is 2. The molecule has 0 N–H and O–H groups in total. The summed E-state index contributed by atoms with van der Waals surface area (Å²) in [5, 5.41) is 0.342. The Bertz CT molecular complexity index is 297. The Balaban J connectivity index is 1.93. The second-order valence-corrected chi connectivity index (χ2v) is 12.4. The summed E-state index contributed by atoms with van der Waals surface area (Å²) in [7, 11) is -1.56. The molecule has 2 aliphatic carbocycles. The summed E-state index contributed by atoms with van der Waals surface area (Å²) in [6.07, 6.45) is 5.65. The number of hydrogen-bond acceptors (Lipinski definition) is 1. The Morgan fingerprint density at radius 3 is 2.00 bits per heavy atom. The van der Waals surface area contributed by atoms with Crippen LogP contribution in [0.15, 0.2) is 12.2 Å². The fourth-order valence-corrected chi connectivity index (χ4v) is 4.55. The molecule has 0 heterocycles. The van der Waals surface area contributed by atoms with E-state index in [0.717, 1.165) is 11.8 Å². The van der Waals surface area contributed by atoms with Crippen molar-refractivity contribution in [1.29, 1.82) is 0 Å². The topological polar surface area (TPSA) is 9.23 Å². The van der Waals surface area contributed by atoms with E-state index in [4.69, 9.17) is 4.43 Å². The Hall–Kier alpha value is -0.0831. The van der Waals surface area contributed by atoms with Gasteiger partial charge in [0.05, 0.1) is 0 Å². The molecule has 2 rings (SSSR count). The molecule has 0 bridgehead atoms. The van der Waals surface area contributed by atoms with Crippen LogP contribution in [0.4, 0.5) is 0 Å². The van der Waals surface area contributed by atoms with Crippen LogP contribution in [0.5, 0.6) is 0 Å². The Morgan fingerprint density at radius 1 is 1.12 bits per heavy atom. The lowest BCUT2D eigenvalue weighted by Gasteiger charge is -2.38. The summed E-state index contributed by atoms with van der Waals surface area (Å²) in [5.41, 5.74) is 1.48. The molecule has 0 radical (unpaired) electrons. The first-order valence-electron chi connectivity index (χ1n) is 7.03. The first-order chi connectivity index (χ1) is 7.69.